The van der Waals surface area contributed by atoms with Gasteiger partial charge in [-0.05, 0) is 56.0 Å². The number of nitrogen functional groups attached to an aromatic ring is 1. The Morgan fingerprint density at radius 2 is 2.23 bits per heavy atom. The van der Waals surface area contributed by atoms with E-state index in [2.05, 4.69) is 22.3 Å². The summed E-state index contributed by atoms with van der Waals surface area (Å²) < 4.78 is 0. The van der Waals surface area contributed by atoms with Gasteiger partial charge in [-0.25, -0.2) is 0 Å². The van der Waals surface area contributed by atoms with E-state index in [1.165, 1.54) is 17.5 Å². The number of carbonyl (C=O) groups is 1. The quantitative estimate of drug-likeness (QED) is 0.479. The average molecular weight is 306 g/mol. The van der Waals surface area contributed by atoms with Crippen molar-refractivity contribution >= 4 is 11.6 Å². The smallest absolute Gasteiger partial charge is 0.236 e. The van der Waals surface area contributed by atoms with Crippen LogP contribution in [0.15, 0.2) is 18.2 Å². The number of benzene rings is 1. The largest absolute Gasteiger partial charge is 0.399 e. The van der Waals surface area contributed by atoms with Crippen molar-refractivity contribution in [3.63, 3.8) is 0 Å². The second-order valence-electron chi connectivity index (χ2n) is 6.02. The highest BCUT2D eigenvalue weighted by atomic mass is 16.5. The molecule has 0 unspecified atom stereocenters. The van der Waals surface area contributed by atoms with Crippen molar-refractivity contribution in [3.8, 4) is 0 Å². The molecule has 6 nitrogen and oxygen atoms in total. The van der Waals surface area contributed by atoms with Gasteiger partial charge >= 0.3 is 0 Å². The Kier molecular flexibility index (Phi) is 6.18. The minimum absolute atomic E-state index is 0.0322. The molecule has 0 fully saturated rings. The van der Waals surface area contributed by atoms with Gasteiger partial charge in [0.25, 0.3) is 0 Å². The highest BCUT2D eigenvalue weighted by molar-refractivity contribution is 5.78. The van der Waals surface area contributed by atoms with Gasteiger partial charge in [-0.3, -0.25) is 9.69 Å². The fourth-order valence-corrected chi connectivity index (χ4v) is 2.99. The lowest BCUT2D eigenvalue weighted by molar-refractivity contribution is -0.122. The number of rotatable bonds is 5. The highest BCUT2D eigenvalue weighted by Gasteiger charge is 2.16. The lowest BCUT2D eigenvalue weighted by Crippen LogP contribution is -2.44. The molecular weight excluding hydrogens is 280 g/mol. The number of nitrogens with zero attached hydrogens (tertiary/aromatic N) is 1. The maximum Gasteiger partial charge on any atom is 0.236 e. The topological polar surface area (TPSA) is 90.6 Å². The molecule has 1 aromatic rings. The van der Waals surface area contributed by atoms with E-state index in [1.54, 1.807) is 0 Å². The monoisotopic (exact) mass is 306 g/mol. The number of amides is 1. The van der Waals surface area contributed by atoms with Crippen molar-refractivity contribution in [2.75, 3.05) is 25.4 Å². The summed E-state index contributed by atoms with van der Waals surface area (Å²) in [6, 6.07) is 6.19. The fraction of sp³-hybridized carbons (Fsp3) is 0.562. The molecule has 0 saturated heterocycles. The molecule has 0 radical (unpaired) electrons. The van der Waals surface area contributed by atoms with Gasteiger partial charge in [0.1, 0.15) is 0 Å². The first-order valence-corrected chi connectivity index (χ1v) is 7.84. The molecule has 22 heavy (non-hydrogen) atoms. The van der Waals surface area contributed by atoms with Gasteiger partial charge in [0.15, 0.2) is 0 Å². The van der Waals surface area contributed by atoms with Crippen molar-refractivity contribution in [1.82, 2.24) is 15.7 Å². The number of carbonyl (C=O) groups excluding carboxylic acids is 1. The minimum Gasteiger partial charge on any atom is -0.399 e. The molecule has 5 N–H and O–H groups in total. The van der Waals surface area contributed by atoms with Crippen molar-refractivity contribution < 1.29 is 10.0 Å². The Hall–Kier alpha value is -1.63. The van der Waals surface area contributed by atoms with Crippen LogP contribution in [0.2, 0.25) is 0 Å². The van der Waals surface area contributed by atoms with Crippen LogP contribution in [0.3, 0.4) is 0 Å². The Morgan fingerprint density at radius 3 is 3.00 bits per heavy atom. The van der Waals surface area contributed by atoms with E-state index in [9.17, 15) is 4.79 Å². The van der Waals surface area contributed by atoms with Crippen LogP contribution in [0.25, 0.3) is 0 Å². The molecule has 0 bridgehead atoms. The Balaban J connectivity index is 1.97. The molecule has 1 heterocycles. The van der Waals surface area contributed by atoms with Gasteiger partial charge in [0, 0.05) is 24.8 Å². The minimum atomic E-state index is -0.202. The van der Waals surface area contributed by atoms with Gasteiger partial charge in [0.2, 0.25) is 5.91 Å². The molecule has 6 heteroatoms. The number of fused-ring (bicyclic) bond motifs is 1. The van der Waals surface area contributed by atoms with Crippen molar-refractivity contribution in [2.24, 2.45) is 0 Å². The molecule has 2 rings (SSSR count). The Labute approximate surface area is 131 Å². The third-order valence-electron chi connectivity index (χ3n) is 3.97. The number of hydrogen-bond acceptors (Lipinski definition) is 5. The van der Waals surface area contributed by atoms with Crippen LogP contribution in [0.1, 0.15) is 30.9 Å². The zero-order valence-corrected chi connectivity index (χ0v) is 13.1. The van der Waals surface area contributed by atoms with Crippen LogP contribution >= 0.6 is 0 Å². The standard InChI is InChI=1S/C16H26N4O2/c1-12(19-16(21)9-18-22)10-20-7-3-2-4-13-5-6-15(17)8-14(13)11-20/h5-6,8,12,18,22H,2-4,7,9-11,17H2,1H3,(H,19,21)/t12-/m0/s1. The maximum atomic E-state index is 11.5. The van der Waals surface area contributed by atoms with E-state index < -0.39 is 0 Å². The van der Waals surface area contributed by atoms with Crippen molar-refractivity contribution in [1.29, 1.82) is 0 Å². The van der Waals surface area contributed by atoms with Crippen LogP contribution in [-0.2, 0) is 17.8 Å². The number of aryl methyl sites for hydroxylation is 1. The normalized spacial score (nSPS) is 17.2. The summed E-state index contributed by atoms with van der Waals surface area (Å²) in [4.78, 5) is 13.8. The van der Waals surface area contributed by atoms with Gasteiger partial charge in [-0.2, -0.15) is 5.48 Å². The summed E-state index contributed by atoms with van der Waals surface area (Å²) in [6.45, 7) is 4.56. The molecule has 0 aliphatic carbocycles. The van der Waals surface area contributed by atoms with Crippen LogP contribution in [-0.4, -0.2) is 41.7 Å². The third-order valence-corrected chi connectivity index (χ3v) is 3.97. The predicted octanol–water partition coefficient (Wildman–Crippen LogP) is 0.891. The second-order valence-corrected chi connectivity index (χ2v) is 6.02. The summed E-state index contributed by atoms with van der Waals surface area (Å²) in [7, 11) is 0. The first kappa shape index (κ1) is 16.7. The number of nitrogens with one attached hydrogen (secondary N) is 2. The van der Waals surface area contributed by atoms with Gasteiger partial charge < -0.3 is 16.3 Å². The second kappa shape index (κ2) is 8.12. The zero-order valence-electron chi connectivity index (χ0n) is 13.1. The Morgan fingerprint density at radius 1 is 1.41 bits per heavy atom. The molecule has 0 saturated carbocycles. The molecule has 1 aromatic carbocycles. The molecule has 0 spiro atoms. The van der Waals surface area contributed by atoms with E-state index in [0.717, 1.165) is 38.2 Å². The number of anilines is 1. The number of nitrogens with two attached hydrogens (primary N) is 1. The maximum absolute atomic E-state index is 11.5. The highest BCUT2D eigenvalue weighted by Crippen LogP contribution is 2.21. The number of hydrogen-bond donors (Lipinski definition) is 4. The van der Waals surface area contributed by atoms with Gasteiger partial charge in [-0.1, -0.05) is 6.07 Å². The van der Waals surface area contributed by atoms with Crippen LogP contribution in [0.4, 0.5) is 5.69 Å². The fourth-order valence-electron chi connectivity index (χ4n) is 2.99. The summed E-state index contributed by atoms with van der Waals surface area (Å²) in [5.41, 5.74) is 11.2. The van der Waals surface area contributed by atoms with E-state index in [1.807, 2.05) is 18.5 Å². The van der Waals surface area contributed by atoms with Crippen molar-refractivity contribution in [2.45, 2.75) is 38.8 Å². The van der Waals surface area contributed by atoms with E-state index in [4.69, 9.17) is 10.9 Å². The summed E-state index contributed by atoms with van der Waals surface area (Å²) in [5, 5.41) is 11.4. The summed E-state index contributed by atoms with van der Waals surface area (Å²) in [6.07, 6.45) is 3.43. The van der Waals surface area contributed by atoms with E-state index >= 15 is 0 Å². The predicted molar refractivity (Wildman–Crippen MR) is 86.5 cm³/mol. The van der Waals surface area contributed by atoms with E-state index in [0.29, 0.717) is 0 Å². The lowest BCUT2D eigenvalue weighted by Gasteiger charge is -2.29. The summed E-state index contributed by atoms with van der Waals surface area (Å²) in [5.74, 6) is -0.202. The number of hydroxylamine groups is 1. The lowest BCUT2D eigenvalue weighted by atomic mass is 9.98. The van der Waals surface area contributed by atoms with Crippen molar-refractivity contribution in [3.05, 3.63) is 29.3 Å². The van der Waals surface area contributed by atoms with E-state index in [-0.39, 0.29) is 18.5 Å². The molecular formula is C16H26N4O2. The molecule has 122 valence electrons. The first-order valence-electron chi connectivity index (χ1n) is 7.84. The SMILES string of the molecule is C[C@@H](CN1CCCCc2ccc(N)cc2C1)NC(=O)CNO. The molecule has 1 atom stereocenters. The average Bonchev–Trinajstić information content (AvgIpc) is 2.42. The molecule has 1 aliphatic rings. The Bertz CT molecular complexity index is 507. The van der Waals surface area contributed by atoms with Crippen LogP contribution < -0.4 is 16.5 Å². The van der Waals surface area contributed by atoms with Crippen LogP contribution in [0, 0.1) is 0 Å². The molecule has 0 aromatic heterocycles. The van der Waals surface area contributed by atoms with Gasteiger partial charge in [-0.15, -0.1) is 0 Å². The first-order chi connectivity index (χ1) is 10.6. The molecule has 1 aliphatic heterocycles. The van der Waals surface area contributed by atoms with Gasteiger partial charge in [0.05, 0.1) is 6.54 Å². The van der Waals surface area contributed by atoms with Crippen LogP contribution in [0.5, 0.6) is 0 Å². The summed E-state index contributed by atoms with van der Waals surface area (Å²) >= 11 is 0. The third kappa shape index (κ3) is 4.98. The zero-order chi connectivity index (χ0) is 15.9. The molecule has 1 amide bonds.